The fourth-order valence-corrected chi connectivity index (χ4v) is 0.410. The molecule has 3 heteroatoms. The van der Waals surface area contributed by atoms with E-state index in [-0.39, 0.29) is 5.97 Å². The van der Waals surface area contributed by atoms with Crippen LogP contribution in [-0.2, 0) is 14.6 Å². The first-order valence-electron chi connectivity index (χ1n) is 2.63. The number of rotatable bonds is 0. The van der Waals surface area contributed by atoms with E-state index in [0.717, 1.165) is 0 Å². The van der Waals surface area contributed by atoms with Gasteiger partial charge in [0.2, 0.25) is 0 Å². The highest BCUT2D eigenvalue weighted by Crippen LogP contribution is 2.33. The SMILES string of the molecule is C=C1OOC(=O)C1(C)C. The summed E-state index contributed by atoms with van der Waals surface area (Å²) in [6, 6.07) is 0. The summed E-state index contributed by atoms with van der Waals surface area (Å²) in [7, 11) is 0. The molecule has 0 saturated carbocycles. The van der Waals surface area contributed by atoms with Gasteiger partial charge in [0.15, 0.2) is 5.76 Å². The Morgan fingerprint density at radius 1 is 1.44 bits per heavy atom. The predicted molar refractivity (Wildman–Crippen MR) is 30.1 cm³/mol. The molecule has 9 heavy (non-hydrogen) atoms. The Morgan fingerprint density at radius 2 is 2.00 bits per heavy atom. The zero-order chi connectivity index (χ0) is 7.07. The second kappa shape index (κ2) is 1.50. The molecule has 0 amide bonds. The molecule has 0 aromatic heterocycles. The van der Waals surface area contributed by atoms with Gasteiger partial charge >= 0.3 is 5.97 Å². The Bertz CT molecular complexity index is 151. The van der Waals surface area contributed by atoms with E-state index in [4.69, 9.17) is 0 Å². The largest absolute Gasteiger partial charge is 0.368 e. The second-order valence-electron chi connectivity index (χ2n) is 2.50. The molecule has 0 atom stereocenters. The van der Waals surface area contributed by atoms with Crippen LogP contribution in [0.4, 0.5) is 0 Å². The maximum atomic E-state index is 10.7. The lowest BCUT2D eigenvalue weighted by Crippen LogP contribution is -2.18. The number of hydrogen-bond acceptors (Lipinski definition) is 3. The molecule has 1 aliphatic heterocycles. The van der Waals surface area contributed by atoms with Crippen LogP contribution in [0.5, 0.6) is 0 Å². The predicted octanol–water partition coefficient (Wildman–Crippen LogP) is 1.01. The van der Waals surface area contributed by atoms with E-state index in [1.807, 2.05) is 0 Å². The second-order valence-corrected chi connectivity index (χ2v) is 2.50. The van der Waals surface area contributed by atoms with Gasteiger partial charge < -0.3 is 0 Å². The maximum absolute atomic E-state index is 10.7. The van der Waals surface area contributed by atoms with Crippen LogP contribution < -0.4 is 0 Å². The number of hydrogen-bond donors (Lipinski definition) is 0. The summed E-state index contributed by atoms with van der Waals surface area (Å²) in [5.41, 5.74) is -0.667. The molecule has 0 spiro atoms. The van der Waals surface area contributed by atoms with E-state index in [1.165, 1.54) is 0 Å². The Kier molecular flexibility index (Phi) is 1.02. The van der Waals surface area contributed by atoms with Gasteiger partial charge in [0.1, 0.15) is 5.41 Å². The van der Waals surface area contributed by atoms with Gasteiger partial charge in [0.25, 0.3) is 0 Å². The first kappa shape index (κ1) is 6.13. The standard InChI is InChI=1S/C6H8O3/c1-4-6(2,3)5(7)9-8-4/h1H2,2-3H3. The average Bonchev–Trinajstić information content (AvgIpc) is 1.96. The minimum absolute atomic E-state index is 0.368. The van der Waals surface area contributed by atoms with Crippen LogP contribution in [0.25, 0.3) is 0 Å². The van der Waals surface area contributed by atoms with E-state index in [1.54, 1.807) is 13.8 Å². The van der Waals surface area contributed by atoms with E-state index in [9.17, 15) is 4.79 Å². The van der Waals surface area contributed by atoms with Gasteiger partial charge in [-0.05, 0) is 13.8 Å². The van der Waals surface area contributed by atoms with Crippen LogP contribution in [0.3, 0.4) is 0 Å². The lowest BCUT2D eigenvalue weighted by molar-refractivity contribution is -0.223. The average molecular weight is 128 g/mol. The van der Waals surface area contributed by atoms with E-state index in [0.29, 0.717) is 5.76 Å². The molecule has 0 unspecified atom stereocenters. The normalized spacial score (nSPS) is 23.3. The third kappa shape index (κ3) is 0.686. The molecule has 1 fully saturated rings. The summed E-state index contributed by atoms with van der Waals surface area (Å²) < 4.78 is 0. The van der Waals surface area contributed by atoms with E-state index < -0.39 is 5.41 Å². The topological polar surface area (TPSA) is 35.5 Å². The molecule has 0 aromatic rings. The highest BCUT2D eigenvalue weighted by atomic mass is 17.2. The van der Waals surface area contributed by atoms with Crippen LogP contribution in [0.1, 0.15) is 13.8 Å². The van der Waals surface area contributed by atoms with Gasteiger partial charge in [-0.3, -0.25) is 4.89 Å². The lowest BCUT2D eigenvalue weighted by atomic mass is 9.93. The summed E-state index contributed by atoms with van der Waals surface area (Å²) >= 11 is 0. The molecule has 0 radical (unpaired) electrons. The van der Waals surface area contributed by atoms with Crippen molar-refractivity contribution in [3.63, 3.8) is 0 Å². The Labute approximate surface area is 53.2 Å². The molecule has 1 rings (SSSR count). The Balaban J connectivity index is 2.91. The first-order chi connectivity index (χ1) is 4.05. The summed E-state index contributed by atoms with van der Waals surface area (Å²) in [6.45, 7) is 6.89. The van der Waals surface area contributed by atoms with Crippen molar-refractivity contribution in [1.29, 1.82) is 0 Å². The first-order valence-corrected chi connectivity index (χ1v) is 2.63. The van der Waals surface area contributed by atoms with Crippen molar-refractivity contribution in [2.45, 2.75) is 13.8 Å². The molecular formula is C6H8O3. The number of carbonyl (C=O) groups is 1. The van der Waals surface area contributed by atoms with Crippen molar-refractivity contribution in [2.24, 2.45) is 5.41 Å². The quantitative estimate of drug-likeness (QED) is 0.457. The molecule has 0 bridgehead atoms. The summed E-state index contributed by atoms with van der Waals surface area (Å²) in [5, 5.41) is 0. The highest BCUT2D eigenvalue weighted by Gasteiger charge is 2.42. The molecule has 0 aromatic carbocycles. The van der Waals surface area contributed by atoms with Crippen LogP contribution in [0.2, 0.25) is 0 Å². The van der Waals surface area contributed by atoms with Gasteiger partial charge in [-0.25, -0.2) is 9.68 Å². The van der Waals surface area contributed by atoms with Crippen molar-refractivity contribution in [3.8, 4) is 0 Å². The minimum atomic E-state index is -0.667. The Morgan fingerprint density at radius 3 is 2.11 bits per heavy atom. The van der Waals surface area contributed by atoms with Crippen molar-refractivity contribution in [2.75, 3.05) is 0 Å². The van der Waals surface area contributed by atoms with E-state index in [2.05, 4.69) is 16.4 Å². The van der Waals surface area contributed by atoms with Gasteiger partial charge in [-0.1, -0.05) is 6.58 Å². The molecule has 1 heterocycles. The molecule has 3 nitrogen and oxygen atoms in total. The monoisotopic (exact) mass is 128 g/mol. The van der Waals surface area contributed by atoms with Gasteiger partial charge in [-0.15, -0.1) is 0 Å². The molecule has 1 aliphatic rings. The van der Waals surface area contributed by atoms with Crippen LogP contribution in [0.15, 0.2) is 12.3 Å². The molecule has 0 aliphatic carbocycles. The molecule has 50 valence electrons. The van der Waals surface area contributed by atoms with Gasteiger partial charge in [0, 0.05) is 0 Å². The molecular weight excluding hydrogens is 120 g/mol. The molecule has 0 N–H and O–H groups in total. The van der Waals surface area contributed by atoms with Crippen LogP contribution >= 0.6 is 0 Å². The Hall–Kier alpha value is -0.990. The zero-order valence-electron chi connectivity index (χ0n) is 5.43. The summed E-state index contributed by atoms with van der Waals surface area (Å²) in [5.74, 6) is -0.0139. The lowest BCUT2D eigenvalue weighted by Gasteiger charge is -2.05. The summed E-state index contributed by atoms with van der Waals surface area (Å²) in [6.07, 6.45) is 0. The van der Waals surface area contributed by atoms with Crippen molar-refractivity contribution in [3.05, 3.63) is 12.3 Å². The van der Waals surface area contributed by atoms with Gasteiger partial charge in [0.05, 0.1) is 0 Å². The third-order valence-electron chi connectivity index (χ3n) is 1.43. The number of carbonyl (C=O) groups excluding carboxylic acids is 1. The fraction of sp³-hybridized carbons (Fsp3) is 0.500. The van der Waals surface area contributed by atoms with Crippen molar-refractivity contribution in [1.82, 2.24) is 0 Å². The van der Waals surface area contributed by atoms with Crippen molar-refractivity contribution < 1.29 is 14.6 Å². The zero-order valence-corrected chi connectivity index (χ0v) is 5.43. The van der Waals surface area contributed by atoms with Crippen LogP contribution in [-0.4, -0.2) is 5.97 Å². The van der Waals surface area contributed by atoms with Crippen molar-refractivity contribution >= 4 is 5.97 Å². The van der Waals surface area contributed by atoms with Gasteiger partial charge in [-0.2, -0.15) is 0 Å². The highest BCUT2D eigenvalue weighted by molar-refractivity contribution is 5.80. The minimum Gasteiger partial charge on any atom is -0.291 e. The van der Waals surface area contributed by atoms with E-state index >= 15 is 0 Å². The molecule has 1 saturated heterocycles. The fourth-order valence-electron chi connectivity index (χ4n) is 0.410. The third-order valence-corrected chi connectivity index (χ3v) is 1.43. The van der Waals surface area contributed by atoms with Crippen LogP contribution in [0, 0.1) is 5.41 Å². The maximum Gasteiger partial charge on any atom is 0.368 e. The smallest absolute Gasteiger partial charge is 0.291 e. The summed E-state index contributed by atoms with van der Waals surface area (Å²) in [4.78, 5) is 19.4.